The molecule has 0 amide bonds. The summed E-state index contributed by atoms with van der Waals surface area (Å²) >= 11 is 0. The van der Waals surface area contributed by atoms with Gasteiger partial charge >= 0.3 is 0 Å². The summed E-state index contributed by atoms with van der Waals surface area (Å²) < 4.78 is 22.2. The molecule has 1 heterocycles. The van der Waals surface area contributed by atoms with Gasteiger partial charge in [-0.3, -0.25) is 0 Å². The second-order valence-electron chi connectivity index (χ2n) is 4.67. The van der Waals surface area contributed by atoms with E-state index in [0.717, 1.165) is 19.6 Å². The van der Waals surface area contributed by atoms with Crippen LogP contribution in [0.1, 0.15) is 26.2 Å². The average molecular weight is 248 g/mol. The zero-order valence-corrected chi connectivity index (χ0v) is 11.2. The lowest BCUT2D eigenvalue weighted by molar-refractivity contribution is 0.243. The molecule has 1 fully saturated rings. The summed E-state index contributed by atoms with van der Waals surface area (Å²) in [6.07, 6.45) is 5.09. The minimum absolute atomic E-state index is 0.271. The van der Waals surface area contributed by atoms with Gasteiger partial charge in [0.15, 0.2) is 0 Å². The predicted octanol–water partition coefficient (Wildman–Crippen LogP) is 0.495. The smallest absolute Gasteiger partial charge is 0.148 e. The first kappa shape index (κ1) is 13.9. The maximum Gasteiger partial charge on any atom is 0.148 e. The Labute approximate surface area is 99.3 Å². The molecule has 1 unspecified atom stereocenters. The Hall–Kier alpha value is -0.130. The molecular formula is C11H24N2O2S. The van der Waals surface area contributed by atoms with Crippen LogP contribution in [-0.4, -0.2) is 57.5 Å². The van der Waals surface area contributed by atoms with E-state index in [-0.39, 0.29) is 5.75 Å². The summed E-state index contributed by atoms with van der Waals surface area (Å²) in [6, 6.07) is 0.549. The molecule has 1 rings (SSSR count). The van der Waals surface area contributed by atoms with Crippen molar-refractivity contribution >= 4 is 9.84 Å². The van der Waals surface area contributed by atoms with Gasteiger partial charge in [-0.2, -0.15) is 0 Å². The molecule has 1 aliphatic rings. The topological polar surface area (TPSA) is 49.4 Å². The molecule has 0 aromatic rings. The summed E-state index contributed by atoms with van der Waals surface area (Å²) in [5.74, 6) is 0.271. The molecule has 96 valence electrons. The molecule has 0 radical (unpaired) electrons. The maximum absolute atomic E-state index is 11.1. The second-order valence-corrected chi connectivity index (χ2v) is 6.93. The highest BCUT2D eigenvalue weighted by Crippen LogP contribution is 2.08. The van der Waals surface area contributed by atoms with Crippen molar-refractivity contribution in [2.75, 3.05) is 38.2 Å². The minimum Gasteiger partial charge on any atom is -0.313 e. The van der Waals surface area contributed by atoms with Gasteiger partial charge in [-0.05, 0) is 25.9 Å². The van der Waals surface area contributed by atoms with Crippen LogP contribution in [0.25, 0.3) is 0 Å². The SMILES string of the molecule is CCN(CCS(C)(=O)=O)CC1CCCCN1. The third kappa shape index (κ3) is 5.82. The van der Waals surface area contributed by atoms with Crippen LogP contribution in [0.4, 0.5) is 0 Å². The number of nitrogens with one attached hydrogen (secondary N) is 1. The van der Waals surface area contributed by atoms with Gasteiger partial charge in [0.2, 0.25) is 0 Å². The Kier molecular flexibility index (Phi) is 5.72. The van der Waals surface area contributed by atoms with Crippen molar-refractivity contribution in [1.82, 2.24) is 10.2 Å². The van der Waals surface area contributed by atoms with Crippen molar-refractivity contribution in [1.29, 1.82) is 0 Å². The standard InChI is InChI=1S/C11H24N2O2S/c1-3-13(8-9-16(2,14)15)10-11-6-4-5-7-12-11/h11-12H,3-10H2,1-2H3. The number of piperidine rings is 1. The molecule has 1 aliphatic heterocycles. The number of sulfone groups is 1. The van der Waals surface area contributed by atoms with Gasteiger partial charge in [-0.15, -0.1) is 0 Å². The Balaban J connectivity index is 2.30. The number of hydrogen-bond acceptors (Lipinski definition) is 4. The quantitative estimate of drug-likeness (QED) is 0.743. The van der Waals surface area contributed by atoms with Gasteiger partial charge in [0.1, 0.15) is 9.84 Å². The fourth-order valence-corrected chi connectivity index (χ4v) is 2.65. The summed E-state index contributed by atoms with van der Waals surface area (Å²) in [7, 11) is -2.83. The number of hydrogen-bond donors (Lipinski definition) is 1. The van der Waals surface area contributed by atoms with Crippen molar-refractivity contribution in [2.45, 2.75) is 32.2 Å². The Morgan fingerprint density at radius 3 is 2.62 bits per heavy atom. The minimum atomic E-state index is -2.83. The van der Waals surface area contributed by atoms with Gasteiger partial charge in [-0.25, -0.2) is 8.42 Å². The molecule has 4 nitrogen and oxygen atoms in total. The molecule has 1 saturated heterocycles. The fraction of sp³-hybridized carbons (Fsp3) is 1.00. The summed E-state index contributed by atoms with van der Waals surface area (Å²) in [4.78, 5) is 2.23. The van der Waals surface area contributed by atoms with Crippen LogP contribution < -0.4 is 5.32 Å². The van der Waals surface area contributed by atoms with E-state index in [0.29, 0.717) is 12.6 Å². The van der Waals surface area contributed by atoms with Gasteiger partial charge in [0.05, 0.1) is 5.75 Å². The average Bonchev–Trinajstić information content (AvgIpc) is 2.24. The number of rotatable bonds is 6. The molecule has 0 aromatic carbocycles. The van der Waals surface area contributed by atoms with Crippen LogP contribution in [0.3, 0.4) is 0 Å². The van der Waals surface area contributed by atoms with Gasteiger partial charge in [0.25, 0.3) is 0 Å². The Morgan fingerprint density at radius 2 is 2.12 bits per heavy atom. The van der Waals surface area contributed by atoms with Crippen LogP contribution in [-0.2, 0) is 9.84 Å². The van der Waals surface area contributed by atoms with E-state index in [4.69, 9.17) is 0 Å². The van der Waals surface area contributed by atoms with E-state index in [2.05, 4.69) is 17.1 Å². The van der Waals surface area contributed by atoms with Crippen molar-refractivity contribution in [3.63, 3.8) is 0 Å². The normalized spacial score (nSPS) is 22.6. The summed E-state index contributed by atoms with van der Waals surface area (Å²) in [5.41, 5.74) is 0. The first-order chi connectivity index (χ1) is 7.51. The molecule has 16 heavy (non-hydrogen) atoms. The van der Waals surface area contributed by atoms with E-state index in [9.17, 15) is 8.42 Å². The molecule has 5 heteroatoms. The van der Waals surface area contributed by atoms with Crippen molar-refractivity contribution in [3.05, 3.63) is 0 Å². The van der Waals surface area contributed by atoms with Crippen LogP contribution in [0, 0.1) is 0 Å². The zero-order chi connectivity index (χ0) is 12.0. The largest absolute Gasteiger partial charge is 0.313 e. The van der Waals surface area contributed by atoms with E-state index >= 15 is 0 Å². The third-order valence-electron chi connectivity index (χ3n) is 3.12. The molecular weight excluding hydrogens is 224 g/mol. The molecule has 0 spiro atoms. The monoisotopic (exact) mass is 248 g/mol. The molecule has 1 atom stereocenters. The molecule has 0 aromatic heterocycles. The molecule has 0 bridgehead atoms. The highest BCUT2D eigenvalue weighted by molar-refractivity contribution is 7.90. The number of likely N-dealkylation sites (N-methyl/N-ethyl adjacent to an activating group) is 1. The third-order valence-corrected chi connectivity index (χ3v) is 4.04. The lowest BCUT2D eigenvalue weighted by Gasteiger charge is -2.29. The fourth-order valence-electron chi connectivity index (χ4n) is 2.06. The molecule has 0 aliphatic carbocycles. The van der Waals surface area contributed by atoms with Gasteiger partial charge in [-0.1, -0.05) is 13.3 Å². The van der Waals surface area contributed by atoms with E-state index in [1.54, 1.807) is 0 Å². The molecule has 0 saturated carbocycles. The van der Waals surface area contributed by atoms with Crippen LogP contribution in [0.2, 0.25) is 0 Å². The number of nitrogens with zero attached hydrogens (tertiary/aromatic N) is 1. The van der Waals surface area contributed by atoms with E-state index < -0.39 is 9.84 Å². The van der Waals surface area contributed by atoms with Crippen molar-refractivity contribution < 1.29 is 8.42 Å². The van der Waals surface area contributed by atoms with Crippen LogP contribution in [0.5, 0.6) is 0 Å². The lowest BCUT2D eigenvalue weighted by Crippen LogP contribution is -2.44. The highest BCUT2D eigenvalue weighted by atomic mass is 32.2. The van der Waals surface area contributed by atoms with E-state index in [1.165, 1.54) is 25.5 Å². The Morgan fingerprint density at radius 1 is 1.38 bits per heavy atom. The first-order valence-corrected chi connectivity index (χ1v) is 8.21. The summed E-state index contributed by atoms with van der Waals surface area (Å²) in [5, 5.41) is 3.49. The maximum atomic E-state index is 11.1. The van der Waals surface area contributed by atoms with E-state index in [1.807, 2.05) is 0 Å². The van der Waals surface area contributed by atoms with Gasteiger partial charge < -0.3 is 10.2 Å². The predicted molar refractivity (Wildman–Crippen MR) is 67.5 cm³/mol. The van der Waals surface area contributed by atoms with Crippen LogP contribution in [0.15, 0.2) is 0 Å². The first-order valence-electron chi connectivity index (χ1n) is 6.14. The van der Waals surface area contributed by atoms with Crippen molar-refractivity contribution in [3.8, 4) is 0 Å². The lowest BCUT2D eigenvalue weighted by atomic mass is 10.0. The van der Waals surface area contributed by atoms with Crippen molar-refractivity contribution in [2.24, 2.45) is 0 Å². The summed E-state index contributed by atoms with van der Waals surface area (Å²) in [6.45, 7) is 5.76. The second kappa shape index (κ2) is 6.57. The van der Waals surface area contributed by atoms with Crippen LogP contribution >= 0.6 is 0 Å². The Bertz CT molecular complexity index is 284. The highest BCUT2D eigenvalue weighted by Gasteiger charge is 2.16. The zero-order valence-electron chi connectivity index (χ0n) is 10.4. The molecule has 1 N–H and O–H groups in total. The van der Waals surface area contributed by atoms with Gasteiger partial charge in [0, 0.05) is 25.4 Å².